The number of rotatable bonds is 3. The normalized spacial score (nSPS) is 11.2. The molecule has 3 rings (SSSR count). The van der Waals surface area contributed by atoms with Gasteiger partial charge in [0.05, 0.1) is 19.1 Å². The second-order valence-electron chi connectivity index (χ2n) is 4.92. The van der Waals surface area contributed by atoms with Crippen molar-refractivity contribution in [2.24, 2.45) is 0 Å². The van der Waals surface area contributed by atoms with Gasteiger partial charge in [-0.25, -0.2) is 4.98 Å². The third-order valence-electron chi connectivity index (χ3n) is 3.53. The van der Waals surface area contributed by atoms with E-state index in [4.69, 9.17) is 0 Å². The molecule has 21 heavy (non-hydrogen) atoms. The minimum Gasteiger partial charge on any atom is -0.293 e. The van der Waals surface area contributed by atoms with Gasteiger partial charge in [0.1, 0.15) is 5.52 Å². The molecule has 2 heterocycles. The molecule has 0 aliphatic rings. The van der Waals surface area contributed by atoms with Crippen LogP contribution in [0.4, 0.5) is 0 Å². The lowest BCUT2D eigenvalue weighted by Gasteiger charge is -2.09. The molecule has 3 aromatic rings. The van der Waals surface area contributed by atoms with Crippen molar-refractivity contribution in [1.29, 1.82) is 0 Å². The van der Waals surface area contributed by atoms with Gasteiger partial charge in [0.2, 0.25) is 0 Å². The van der Waals surface area contributed by atoms with Gasteiger partial charge in [0, 0.05) is 11.0 Å². The van der Waals surface area contributed by atoms with Crippen molar-refractivity contribution in [1.82, 2.24) is 19.3 Å². The SMILES string of the molecule is CCn1ncc2ncn(Cc3cccc(C)c3Br)c(=O)c21. The smallest absolute Gasteiger partial charge is 0.279 e. The van der Waals surface area contributed by atoms with Crippen LogP contribution in [-0.2, 0) is 13.1 Å². The molecule has 0 radical (unpaired) electrons. The molecule has 6 heteroatoms. The first-order valence-electron chi connectivity index (χ1n) is 6.76. The Bertz CT molecular complexity index is 866. The Morgan fingerprint density at radius 1 is 1.33 bits per heavy atom. The van der Waals surface area contributed by atoms with Crippen molar-refractivity contribution in [2.45, 2.75) is 26.9 Å². The lowest BCUT2D eigenvalue weighted by Crippen LogP contribution is -2.23. The van der Waals surface area contributed by atoms with E-state index in [0.29, 0.717) is 24.1 Å². The van der Waals surface area contributed by atoms with Crippen LogP contribution in [0.1, 0.15) is 18.1 Å². The minimum absolute atomic E-state index is 0.0623. The number of halogens is 1. The number of hydrogen-bond donors (Lipinski definition) is 0. The molecule has 0 unspecified atom stereocenters. The van der Waals surface area contributed by atoms with E-state index >= 15 is 0 Å². The zero-order valence-electron chi connectivity index (χ0n) is 11.9. The van der Waals surface area contributed by atoms with E-state index in [0.717, 1.165) is 15.6 Å². The number of aryl methyl sites for hydroxylation is 2. The summed E-state index contributed by atoms with van der Waals surface area (Å²) in [5.41, 5.74) is 3.34. The van der Waals surface area contributed by atoms with E-state index in [1.165, 1.54) is 0 Å². The lowest BCUT2D eigenvalue weighted by atomic mass is 10.1. The highest BCUT2D eigenvalue weighted by atomic mass is 79.9. The van der Waals surface area contributed by atoms with Crippen LogP contribution in [0, 0.1) is 6.92 Å². The number of benzene rings is 1. The predicted molar refractivity (Wildman–Crippen MR) is 85.4 cm³/mol. The highest BCUT2D eigenvalue weighted by molar-refractivity contribution is 9.10. The number of fused-ring (bicyclic) bond motifs is 1. The average Bonchev–Trinajstić information content (AvgIpc) is 2.90. The molecule has 0 N–H and O–H groups in total. The Labute approximate surface area is 130 Å². The maximum absolute atomic E-state index is 12.6. The van der Waals surface area contributed by atoms with Gasteiger partial charge in [-0.05, 0) is 25.0 Å². The lowest BCUT2D eigenvalue weighted by molar-refractivity contribution is 0.669. The number of aromatic nitrogens is 4. The Morgan fingerprint density at radius 3 is 2.90 bits per heavy atom. The van der Waals surface area contributed by atoms with E-state index in [1.54, 1.807) is 21.8 Å². The van der Waals surface area contributed by atoms with Gasteiger partial charge in [-0.1, -0.05) is 34.1 Å². The fourth-order valence-corrected chi connectivity index (χ4v) is 2.77. The van der Waals surface area contributed by atoms with Crippen molar-refractivity contribution in [2.75, 3.05) is 0 Å². The van der Waals surface area contributed by atoms with Crippen LogP contribution < -0.4 is 5.56 Å². The summed E-state index contributed by atoms with van der Waals surface area (Å²) in [5, 5.41) is 4.19. The van der Waals surface area contributed by atoms with Gasteiger partial charge >= 0.3 is 0 Å². The molecule has 0 aliphatic carbocycles. The first-order valence-corrected chi connectivity index (χ1v) is 7.56. The maximum Gasteiger partial charge on any atom is 0.279 e. The fraction of sp³-hybridized carbons (Fsp3) is 0.267. The van der Waals surface area contributed by atoms with Crippen molar-refractivity contribution in [3.8, 4) is 0 Å². The molecule has 2 aromatic heterocycles. The molecule has 0 aliphatic heterocycles. The topological polar surface area (TPSA) is 52.7 Å². The van der Waals surface area contributed by atoms with Crippen molar-refractivity contribution < 1.29 is 0 Å². The quantitative estimate of drug-likeness (QED) is 0.732. The predicted octanol–water partition coefficient (Wildman–Crippen LogP) is 2.73. The van der Waals surface area contributed by atoms with Crippen LogP contribution in [0.5, 0.6) is 0 Å². The van der Waals surface area contributed by atoms with Gasteiger partial charge in [-0.2, -0.15) is 5.10 Å². The van der Waals surface area contributed by atoms with Crippen LogP contribution in [0.3, 0.4) is 0 Å². The van der Waals surface area contributed by atoms with Crippen molar-refractivity contribution >= 4 is 27.0 Å². The van der Waals surface area contributed by atoms with Crippen molar-refractivity contribution in [3.05, 3.63) is 56.7 Å². The summed E-state index contributed by atoms with van der Waals surface area (Å²) in [6.45, 7) is 5.13. The molecule has 0 fully saturated rings. The number of hydrogen-bond acceptors (Lipinski definition) is 3. The zero-order valence-corrected chi connectivity index (χ0v) is 13.5. The van der Waals surface area contributed by atoms with Crippen LogP contribution in [0.25, 0.3) is 11.0 Å². The Balaban J connectivity index is 2.11. The summed E-state index contributed by atoms with van der Waals surface area (Å²) in [5.74, 6) is 0. The van der Waals surface area contributed by atoms with Gasteiger partial charge in [0.15, 0.2) is 5.52 Å². The highest BCUT2D eigenvalue weighted by Crippen LogP contribution is 2.21. The second-order valence-corrected chi connectivity index (χ2v) is 5.71. The largest absolute Gasteiger partial charge is 0.293 e. The molecular weight excluding hydrogens is 332 g/mol. The van der Waals surface area contributed by atoms with E-state index in [-0.39, 0.29) is 5.56 Å². The first-order chi connectivity index (χ1) is 10.1. The molecule has 108 valence electrons. The van der Waals surface area contributed by atoms with Gasteiger partial charge < -0.3 is 0 Å². The van der Waals surface area contributed by atoms with Crippen molar-refractivity contribution in [3.63, 3.8) is 0 Å². The molecule has 5 nitrogen and oxygen atoms in total. The third kappa shape index (κ3) is 2.40. The molecule has 0 atom stereocenters. The van der Waals surface area contributed by atoms with E-state index < -0.39 is 0 Å². The third-order valence-corrected chi connectivity index (χ3v) is 4.67. The molecule has 0 bridgehead atoms. The average molecular weight is 347 g/mol. The molecule has 1 aromatic carbocycles. The molecule has 0 spiro atoms. The molecule has 0 amide bonds. The molecule has 0 saturated carbocycles. The summed E-state index contributed by atoms with van der Waals surface area (Å²) in [6.07, 6.45) is 3.22. The minimum atomic E-state index is -0.0623. The standard InChI is InChI=1S/C15H15BrN4O/c1-3-20-14-12(7-18-20)17-9-19(15(14)21)8-11-6-4-5-10(2)13(11)16/h4-7,9H,3,8H2,1-2H3. The maximum atomic E-state index is 12.6. The second kappa shape index (κ2) is 5.44. The van der Waals surface area contributed by atoms with Gasteiger partial charge in [-0.15, -0.1) is 0 Å². The zero-order chi connectivity index (χ0) is 15.0. The fourth-order valence-electron chi connectivity index (χ4n) is 2.38. The summed E-state index contributed by atoms with van der Waals surface area (Å²) in [7, 11) is 0. The summed E-state index contributed by atoms with van der Waals surface area (Å²) >= 11 is 3.58. The Kier molecular flexibility index (Phi) is 3.63. The van der Waals surface area contributed by atoms with E-state index in [1.807, 2.05) is 32.0 Å². The van der Waals surface area contributed by atoms with E-state index in [9.17, 15) is 4.79 Å². The summed E-state index contributed by atoms with van der Waals surface area (Å²) < 4.78 is 4.34. The molecule has 0 saturated heterocycles. The van der Waals surface area contributed by atoms with Crippen LogP contribution in [-0.4, -0.2) is 19.3 Å². The van der Waals surface area contributed by atoms with Gasteiger partial charge in [-0.3, -0.25) is 14.0 Å². The van der Waals surface area contributed by atoms with Gasteiger partial charge in [0.25, 0.3) is 5.56 Å². The van der Waals surface area contributed by atoms with Crippen LogP contribution >= 0.6 is 15.9 Å². The Hall–Kier alpha value is -1.95. The van der Waals surface area contributed by atoms with E-state index in [2.05, 4.69) is 26.0 Å². The summed E-state index contributed by atoms with van der Waals surface area (Å²) in [4.78, 5) is 16.9. The highest BCUT2D eigenvalue weighted by Gasteiger charge is 2.11. The first kappa shape index (κ1) is 14.0. The number of nitrogens with zero attached hydrogens (tertiary/aromatic N) is 4. The Morgan fingerprint density at radius 2 is 2.14 bits per heavy atom. The summed E-state index contributed by atoms with van der Waals surface area (Å²) in [6, 6.07) is 6.03. The van der Waals surface area contributed by atoms with Crippen LogP contribution in [0.2, 0.25) is 0 Å². The monoisotopic (exact) mass is 346 g/mol. The molecular formula is C15H15BrN4O. The van der Waals surface area contributed by atoms with Crippen LogP contribution in [0.15, 0.2) is 40.0 Å².